The number of hydrogen-bond acceptors (Lipinski definition) is 9. The van der Waals surface area contributed by atoms with Gasteiger partial charge in [0.05, 0.1) is 5.69 Å². The molecule has 0 bridgehead atoms. The summed E-state index contributed by atoms with van der Waals surface area (Å²) in [5, 5.41) is 13.1. The first-order valence-electron chi connectivity index (χ1n) is 12.8. The minimum Gasteiger partial charge on any atom is -0.475 e. The molecule has 11 nitrogen and oxygen atoms in total. The lowest BCUT2D eigenvalue weighted by Crippen LogP contribution is -2.21. The number of carbonyl (C=O) groups is 2. The van der Waals surface area contributed by atoms with E-state index in [0.29, 0.717) is 48.0 Å². The summed E-state index contributed by atoms with van der Waals surface area (Å²) < 4.78 is 75.9. The lowest BCUT2D eigenvalue weighted by molar-refractivity contribution is -0.192. The number of hydrogen-bond donors (Lipinski definition) is 5. The van der Waals surface area contributed by atoms with Crippen LogP contribution in [0.15, 0.2) is 72.9 Å². The van der Waals surface area contributed by atoms with Gasteiger partial charge in [0, 0.05) is 41.7 Å². The summed E-state index contributed by atoms with van der Waals surface area (Å²) in [4.78, 5) is 32.6. The molecule has 0 fully saturated rings. The van der Waals surface area contributed by atoms with E-state index in [0.717, 1.165) is 17.8 Å². The monoisotopic (exact) mass is 637 g/mol. The molecule has 2 heterocycles. The molecule has 17 heteroatoms. The first-order chi connectivity index (χ1) is 21.1. The number of carbonyl (C=O) groups excluding carboxylic acids is 1. The normalized spacial score (nSPS) is 11.2. The Bertz CT molecular complexity index is 1600. The molecule has 0 spiro atoms. The number of nitrogens with one attached hydrogen (secondary N) is 2. The Morgan fingerprint density at radius 2 is 1.49 bits per heavy atom. The molecule has 4 aromatic rings. The van der Waals surface area contributed by atoms with Gasteiger partial charge in [-0.15, -0.1) is 0 Å². The Labute approximate surface area is 251 Å². The second kappa shape index (κ2) is 14.8. The lowest BCUT2D eigenvalue weighted by Gasteiger charge is -2.11. The number of nitrogens with two attached hydrogens (primary N) is 2. The zero-order valence-electron chi connectivity index (χ0n) is 23.0. The molecule has 0 atom stereocenters. The fraction of sp³-hybridized carbons (Fsp3) is 0.179. The highest BCUT2D eigenvalue weighted by molar-refractivity contribution is 5.91. The van der Waals surface area contributed by atoms with Crippen molar-refractivity contribution in [2.24, 2.45) is 5.73 Å². The molecule has 2 aromatic heterocycles. The van der Waals surface area contributed by atoms with Crippen LogP contribution in [0.25, 0.3) is 11.3 Å². The van der Waals surface area contributed by atoms with Crippen molar-refractivity contribution < 1.29 is 45.8 Å². The van der Waals surface area contributed by atoms with Crippen molar-refractivity contribution in [1.29, 1.82) is 0 Å². The average molecular weight is 638 g/mol. The van der Waals surface area contributed by atoms with Gasteiger partial charge >= 0.3 is 18.3 Å². The number of benzene rings is 2. The second-order valence-corrected chi connectivity index (χ2v) is 8.94. The number of carboxylic acids is 1. The van der Waals surface area contributed by atoms with Crippen LogP contribution in [0.1, 0.15) is 18.5 Å². The van der Waals surface area contributed by atoms with Gasteiger partial charge in [-0.1, -0.05) is 12.1 Å². The van der Waals surface area contributed by atoms with Crippen molar-refractivity contribution in [3.05, 3.63) is 78.6 Å². The molecule has 0 aliphatic rings. The summed E-state index contributed by atoms with van der Waals surface area (Å²) >= 11 is 0. The molecule has 0 aliphatic carbocycles. The highest BCUT2D eigenvalue weighted by Crippen LogP contribution is 2.32. The van der Waals surface area contributed by atoms with E-state index in [1.807, 2.05) is 0 Å². The van der Waals surface area contributed by atoms with Crippen molar-refractivity contribution in [3.63, 3.8) is 0 Å². The number of ether oxygens (including phenoxy) is 1. The Balaban J connectivity index is 0.000000707. The fourth-order valence-corrected chi connectivity index (χ4v) is 3.41. The van der Waals surface area contributed by atoms with E-state index < -0.39 is 24.0 Å². The van der Waals surface area contributed by atoms with Gasteiger partial charge in [0.15, 0.2) is 0 Å². The van der Waals surface area contributed by atoms with Crippen molar-refractivity contribution in [2.75, 3.05) is 22.9 Å². The predicted octanol–water partition coefficient (Wildman–Crippen LogP) is 5.99. The number of alkyl halides is 6. The van der Waals surface area contributed by atoms with Gasteiger partial charge in [0.2, 0.25) is 11.9 Å². The topological polar surface area (TPSA) is 178 Å². The van der Waals surface area contributed by atoms with Crippen LogP contribution in [-0.2, 0) is 15.8 Å². The first kappa shape index (κ1) is 34.0. The van der Waals surface area contributed by atoms with Gasteiger partial charge in [-0.05, 0) is 55.4 Å². The van der Waals surface area contributed by atoms with Crippen LogP contribution >= 0.6 is 0 Å². The third-order valence-corrected chi connectivity index (χ3v) is 5.44. The van der Waals surface area contributed by atoms with Crippen molar-refractivity contribution >= 4 is 35.0 Å². The summed E-state index contributed by atoms with van der Waals surface area (Å²) in [6.45, 7) is 0.452. The molecular weight excluding hydrogens is 612 g/mol. The smallest absolute Gasteiger partial charge is 0.475 e. The molecule has 0 radical (unpaired) electrons. The average Bonchev–Trinajstić information content (AvgIpc) is 2.97. The SMILES string of the molecule is NCCCC(=O)Nc1ccc(-c2cc(Nc3ccc(Oc4ccnc(C(F)(F)F)c4)cc3)nc(N)n2)cc1.O=C(O)C(F)(F)F. The van der Waals surface area contributed by atoms with E-state index in [1.54, 1.807) is 54.6 Å². The Kier molecular flexibility index (Phi) is 11.2. The number of aromatic nitrogens is 3. The fourth-order valence-electron chi connectivity index (χ4n) is 3.41. The third-order valence-electron chi connectivity index (χ3n) is 5.44. The number of carboxylic acid groups (broad SMARTS) is 1. The molecular formula is C28H25F6N7O4. The minimum absolute atomic E-state index is 0.0161. The van der Waals surface area contributed by atoms with Gasteiger partial charge in [-0.3, -0.25) is 9.78 Å². The maximum Gasteiger partial charge on any atom is 0.490 e. The summed E-state index contributed by atoms with van der Waals surface area (Å²) in [5.74, 6) is -2.02. The zero-order chi connectivity index (χ0) is 33.2. The van der Waals surface area contributed by atoms with Crippen molar-refractivity contribution in [1.82, 2.24) is 15.0 Å². The van der Waals surface area contributed by atoms with Crippen LogP contribution in [0, 0.1) is 0 Å². The van der Waals surface area contributed by atoms with Crippen LogP contribution in [0.5, 0.6) is 11.5 Å². The quantitative estimate of drug-likeness (QED) is 0.137. The molecule has 45 heavy (non-hydrogen) atoms. The third kappa shape index (κ3) is 11.0. The Morgan fingerprint density at radius 1 is 0.867 bits per heavy atom. The Morgan fingerprint density at radius 3 is 2.07 bits per heavy atom. The van der Waals surface area contributed by atoms with Gasteiger partial charge in [-0.25, -0.2) is 9.78 Å². The molecule has 238 valence electrons. The van der Waals surface area contributed by atoms with E-state index in [2.05, 4.69) is 25.6 Å². The van der Waals surface area contributed by atoms with Gasteiger partial charge in [0.1, 0.15) is 23.0 Å². The highest BCUT2D eigenvalue weighted by atomic mass is 19.4. The number of aliphatic carboxylic acids is 1. The van der Waals surface area contributed by atoms with E-state index in [4.69, 9.17) is 26.1 Å². The van der Waals surface area contributed by atoms with Crippen LogP contribution < -0.4 is 26.8 Å². The number of anilines is 4. The van der Waals surface area contributed by atoms with E-state index in [9.17, 15) is 31.1 Å². The number of halogens is 6. The molecule has 4 rings (SSSR count). The van der Waals surface area contributed by atoms with Gasteiger partial charge in [-0.2, -0.15) is 31.3 Å². The van der Waals surface area contributed by atoms with Gasteiger partial charge < -0.3 is 31.9 Å². The number of nitrogen functional groups attached to an aromatic ring is 1. The van der Waals surface area contributed by atoms with Crippen LogP contribution in [-0.4, -0.2) is 44.7 Å². The van der Waals surface area contributed by atoms with Crippen molar-refractivity contribution in [2.45, 2.75) is 25.2 Å². The highest BCUT2D eigenvalue weighted by Gasteiger charge is 2.38. The lowest BCUT2D eigenvalue weighted by atomic mass is 10.1. The number of amides is 1. The molecule has 0 unspecified atom stereocenters. The molecule has 0 saturated heterocycles. The largest absolute Gasteiger partial charge is 0.490 e. The van der Waals surface area contributed by atoms with Crippen LogP contribution in [0.3, 0.4) is 0 Å². The summed E-state index contributed by atoms with van der Waals surface area (Å²) in [6.07, 6.45) is -7.64. The summed E-state index contributed by atoms with van der Waals surface area (Å²) in [6, 6.07) is 17.6. The minimum atomic E-state index is -5.08. The van der Waals surface area contributed by atoms with E-state index in [1.165, 1.54) is 6.07 Å². The number of nitrogens with zero attached hydrogens (tertiary/aromatic N) is 3. The summed E-state index contributed by atoms with van der Waals surface area (Å²) in [5.41, 5.74) is 12.9. The van der Waals surface area contributed by atoms with E-state index in [-0.39, 0.29) is 17.6 Å². The molecule has 0 saturated carbocycles. The zero-order valence-corrected chi connectivity index (χ0v) is 23.0. The van der Waals surface area contributed by atoms with E-state index >= 15 is 0 Å². The maximum absolute atomic E-state index is 12.9. The van der Waals surface area contributed by atoms with Crippen LogP contribution in [0.4, 0.5) is 49.5 Å². The predicted molar refractivity (Wildman–Crippen MR) is 152 cm³/mol. The van der Waals surface area contributed by atoms with Crippen LogP contribution in [0.2, 0.25) is 0 Å². The molecule has 1 amide bonds. The standard InChI is InChI=1S/C26H24F3N7O2.C2HF3O2/c27-26(28,29)22-14-20(11-13-32-22)38-19-9-7-17(8-10-19)33-23-15-21(35-25(31)36-23)16-3-5-18(6-4-16)34-24(37)2-1-12-30;3-2(4,5)1(6)7/h3-11,13-15H,1-2,12,30H2,(H,34,37)(H3,31,33,35,36);(H,6,7). The first-order valence-corrected chi connectivity index (χ1v) is 12.8. The van der Waals surface area contributed by atoms with Gasteiger partial charge in [0.25, 0.3) is 0 Å². The molecule has 7 N–H and O–H groups in total. The molecule has 2 aromatic carbocycles. The summed E-state index contributed by atoms with van der Waals surface area (Å²) in [7, 11) is 0. The molecule has 0 aliphatic heterocycles. The number of rotatable bonds is 9. The number of pyridine rings is 1. The Hall–Kier alpha value is -5.45. The maximum atomic E-state index is 12.9. The van der Waals surface area contributed by atoms with Crippen molar-refractivity contribution in [3.8, 4) is 22.8 Å². The second-order valence-electron chi connectivity index (χ2n) is 8.94.